The molecule has 1 aliphatic rings. The van der Waals surface area contributed by atoms with Gasteiger partial charge in [-0.15, -0.1) is 0 Å². The molecule has 0 aromatic carbocycles. The van der Waals surface area contributed by atoms with Crippen molar-refractivity contribution in [2.45, 2.75) is 90.3 Å². The number of nitrogens with zero attached hydrogens (tertiary/aromatic N) is 3. The van der Waals surface area contributed by atoms with Crippen molar-refractivity contribution in [1.29, 1.82) is 0 Å². The van der Waals surface area contributed by atoms with Gasteiger partial charge in [0.15, 0.2) is 5.96 Å². The van der Waals surface area contributed by atoms with Crippen LogP contribution in [-0.4, -0.2) is 39.5 Å². The summed E-state index contributed by atoms with van der Waals surface area (Å²) in [4.78, 5) is 4.65. The molecule has 2 rings (SSSR count). The monoisotopic (exact) mass is 363 g/mol. The number of hydrogen-bond donors (Lipinski definition) is 3. The number of rotatable bonds is 10. The van der Waals surface area contributed by atoms with E-state index < -0.39 is 5.60 Å². The number of aliphatic imine (C=N–C) groups is 1. The number of hydrogen-bond acceptors (Lipinski definition) is 3. The molecule has 26 heavy (non-hydrogen) atoms. The summed E-state index contributed by atoms with van der Waals surface area (Å²) in [6.45, 7) is 8.14. The molecule has 0 atom stereocenters. The Morgan fingerprint density at radius 3 is 2.54 bits per heavy atom. The summed E-state index contributed by atoms with van der Waals surface area (Å²) in [6.07, 6.45) is 10.7. The van der Waals surface area contributed by atoms with Crippen LogP contribution in [0.2, 0.25) is 0 Å². The lowest BCUT2D eigenvalue weighted by Crippen LogP contribution is -2.47. The van der Waals surface area contributed by atoms with Gasteiger partial charge in [-0.2, -0.15) is 5.10 Å². The fourth-order valence-corrected chi connectivity index (χ4v) is 3.82. The van der Waals surface area contributed by atoms with E-state index in [2.05, 4.69) is 53.3 Å². The van der Waals surface area contributed by atoms with Crippen LogP contribution >= 0.6 is 0 Å². The minimum Gasteiger partial charge on any atom is -0.388 e. The first-order valence-corrected chi connectivity index (χ1v) is 10.4. The second-order valence-corrected chi connectivity index (χ2v) is 7.50. The molecule has 148 valence electrons. The second kappa shape index (κ2) is 10.6. The van der Waals surface area contributed by atoms with Crippen molar-refractivity contribution in [1.82, 2.24) is 20.4 Å². The van der Waals surface area contributed by atoms with Gasteiger partial charge in [-0.05, 0) is 38.7 Å². The van der Waals surface area contributed by atoms with E-state index in [4.69, 9.17) is 5.10 Å². The summed E-state index contributed by atoms with van der Waals surface area (Å²) in [6, 6.07) is 2.63. The maximum atomic E-state index is 10.8. The van der Waals surface area contributed by atoms with Gasteiger partial charge in [0.05, 0.1) is 23.9 Å². The summed E-state index contributed by atoms with van der Waals surface area (Å²) in [5.41, 5.74) is 0.329. The van der Waals surface area contributed by atoms with Crippen molar-refractivity contribution in [3.63, 3.8) is 0 Å². The molecule has 0 unspecified atom stereocenters. The molecule has 6 nitrogen and oxygen atoms in total. The van der Waals surface area contributed by atoms with E-state index in [-0.39, 0.29) is 0 Å². The number of guanidine groups is 1. The van der Waals surface area contributed by atoms with E-state index in [1.165, 1.54) is 25.7 Å². The second-order valence-electron chi connectivity index (χ2n) is 7.50. The molecule has 0 spiro atoms. The van der Waals surface area contributed by atoms with Crippen LogP contribution in [0.1, 0.15) is 83.9 Å². The van der Waals surface area contributed by atoms with Gasteiger partial charge < -0.3 is 15.7 Å². The highest BCUT2D eigenvalue weighted by Crippen LogP contribution is 2.28. The molecular formula is C20H37N5O. The van der Waals surface area contributed by atoms with Crippen molar-refractivity contribution < 1.29 is 5.11 Å². The molecule has 1 aliphatic carbocycles. The van der Waals surface area contributed by atoms with E-state index in [1.54, 1.807) is 0 Å². The van der Waals surface area contributed by atoms with Gasteiger partial charge in [0.1, 0.15) is 0 Å². The predicted octanol–water partition coefficient (Wildman–Crippen LogP) is 3.38. The lowest BCUT2D eigenvalue weighted by molar-refractivity contribution is 0.0257. The van der Waals surface area contributed by atoms with E-state index >= 15 is 0 Å². The Hall–Kier alpha value is -1.56. The van der Waals surface area contributed by atoms with Crippen molar-refractivity contribution in [3.05, 3.63) is 18.0 Å². The van der Waals surface area contributed by atoms with Gasteiger partial charge in [0, 0.05) is 19.3 Å². The van der Waals surface area contributed by atoms with Crippen LogP contribution in [0, 0.1) is 0 Å². The van der Waals surface area contributed by atoms with Crippen LogP contribution in [-0.2, 0) is 6.54 Å². The number of nitrogens with one attached hydrogen (secondary N) is 2. The molecule has 6 heteroatoms. The maximum absolute atomic E-state index is 10.8. The summed E-state index contributed by atoms with van der Waals surface area (Å²) < 4.78 is 2.11. The van der Waals surface area contributed by atoms with Crippen molar-refractivity contribution in [3.8, 4) is 0 Å². The minimum atomic E-state index is -0.663. The Morgan fingerprint density at radius 1 is 1.23 bits per heavy atom. The Morgan fingerprint density at radius 2 is 1.92 bits per heavy atom. The van der Waals surface area contributed by atoms with E-state index in [0.29, 0.717) is 19.1 Å². The largest absolute Gasteiger partial charge is 0.388 e. The molecule has 0 radical (unpaired) electrons. The Bertz CT molecular complexity index is 542. The molecular weight excluding hydrogens is 326 g/mol. The SMILES string of the molecule is CCCC(O)(CCC)CNC(=NCc1ccn(C2CCCC2)n1)NCC. The highest BCUT2D eigenvalue weighted by Gasteiger charge is 2.25. The quantitative estimate of drug-likeness (QED) is 0.440. The third-order valence-corrected chi connectivity index (χ3v) is 5.12. The van der Waals surface area contributed by atoms with Crippen LogP contribution in [0.4, 0.5) is 0 Å². The average Bonchev–Trinajstić information content (AvgIpc) is 3.29. The first kappa shape index (κ1) is 20.7. The number of aliphatic hydroxyl groups is 1. The molecule has 1 aromatic heterocycles. The molecule has 1 heterocycles. The van der Waals surface area contributed by atoms with Crippen LogP contribution in [0.3, 0.4) is 0 Å². The molecule has 1 saturated carbocycles. The van der Waals surface area contributed by atoms with Gasteiger partial charge in [0.2, 0.25) is 0 Å². The van der Waals surface area contributed by atoms with Gasteiger partial charge in [-0.25, -0.2) is 4.99 Å². The zero-order valence-corrected chi connectivity index (χ0v) is 16.8. The molecule has 3 N–H and O–H groups in total. The lowest BCUT2D eigenvalue weighted by Gasteiger charge is -2.28. The van der Waals surface area contributed by atoms with E-state index in [1.807, 2.05) is 0 Å². The summed E-state index contributed by atoms with van der Waals surface area (Å²) >= 11 is 0. The van der Waals surface area contributed by atoms with Gasteiger partial charge in [-0.1, -0.05) is 39.5 Å². The topological polar surface area (TPSA) is 74.5 Å². The van der Waals surface area contributed by atoms with Crippen LogP contribution in [0.15, 0.2) is 17.3 Å². The van der Waals surface area contributed by atoms with Gasteiger partial charge in [-0.3, -0.25) is 4.68 Å². The smallest absolute Gasteiger partial charge is 0.191 e. The fraction of sp³-hybridized carbons (Fsp3) is 0.800. The zero-order chi connectivity index (χ0) is 18.8. The minimum absolute atomic E-state index is 0.525. The third-order valence-electron chi connectivity index (χ3n) is 5.12. The predicted molar refractivity (Wildman–Crippen MR) is 107 cm³/mol. The first-order valence-electron chi connectivity index (χ1n) is 10.4. The maximum Gasteiger partial charge on any atom is 0.191 e. The summed E-state index contributed by atoms with van der Waals surface area (Å²) in [7, 11) is 0. The van der Waals surface area contributed by atoms with E-state index in [9.17, 15) is 5.11 Å². The van der Waals surface area contributed by atoms with E-state index in [0.717, 1.165) is 43.9 Å². The van der Waals surface area contributed by atoms with Crippen LogP contribution < -0.4 is 10.6 Å². The highest BCUT2D eigenvalue weighted by atomic mass is 16.3. The molecule has 1 aromatic rings. The summed E-state index contributed by atoms with van der Waals surface area (Å²) in [5, 5.41) is 22.1. The molecule has 0 aliphatic heterocycles. The highest BCUT2D eigenvalue weighted by molar-refractivity contribution is 5.79. The summed E-state index contributed by atoms with van der Waals surface area (Å²) in [5.74, 6) is 0.744. The lowest BCUT2D eigenvalue weighted by atomic mass is 9.93. The average molecular weight is 364 g/mol. The Labute approximate surface area is 158 Å². The molecule has 0 bridgehead atoms. The Balaban J connectivity index is 1.93. The van der Waals surface area contributed by atoms with Gasteiger partial charge in [0.25, 0.3) is 0 Å². The van der Waals surface area contributed by atoms with Gasteiger partial charge >= 0.3 is 0 Å². The third kappa shape index (κ3) is 6.31. The van der Waals surface area contributed by atoms with Crippen molar-refractivity contribution in [2.24, 2.45) is 4.99 Å². The molecule has 0 amide bonds. The fourth-order valence-electron chi connectivity index (χ4n) is 3.82. The molecule has 0 saturated heterocycles. The van der Waals surface area contributed by atoms with Crippen LogP contribution in [0.5, 0.6) is 0 Å². The Kier molecular flexibility index (Phi) is 8.42. The zero-order valence-electron chi connectivity index (χ0n) is 16.8. The standard InChI is InChI=1S/C20H37N5O/c1-4-12-20(26,13-5-2)16-23-19(21-6-3)22-15-17-11-14-25(24-17)18-9-7-8-10-18/h11,14,18,26H,4-10,12-13,15-16H2,1-3H3,(H2,21,22,23). The first-order chi connectivity index (χ1) is 12.6. The number of aromatic nitrogens is 2. The van der Waals surface area contributed by atoms with Crippen molar-refractivity contribution >= 4 is 5.96 Å². The van der Waals surface area contributed by atoms with Crippen LogP contribution in [0.25, 0.3) is 0 Å². The van der Waals surface area contributed by atoms with Crippen molar-refractivity contribution in [2.75, 3.05) is 13.1 Å². The normalized spacial score (nSPS) is 16.2. The molecule has 1 fully saturated rings.